The Labute approximate surface area is 143 Å². The fourth-order valence-corrected chi connectivity index (χ4v) is 2.14. The molecule has 2 amide bonds. The van der Waals surface area contributed by atoms with E-state index in [1.54, 1.807) is 6.07 Å². The summed E-state index contributed by atoms with van der Waals surface area (Å²) in [7, 11) is 0. The fourth-order valence-electron chi connectivity index (χ4n) is 2.14. The molecule has 0 saturated carbocycles. The molecule has 25 heavy (non-hydrogen) atoms. The minimum Gasteiger partial charge on any atom is -0.481 e. The molecule has 0 aliphatic carbocycles. The van der Waals surface area contributed by atoms with E-state index in [-0.39, 0.29) is 18.4 Å². The fraction of sp³-hybridized carbons (Fsp3) is 0.375. The third-order valence-electron chi connectivity index (χ3n) is 3.34. The Morgan fingerprint density at radius 3 is 2.24 bits per heavy atom. The van der Waals surface area contributed by atoms with Gasteiger partial charge in [0.05, 0.1) is 0 Å². The van der Waals surface area contributed by atoms with Gasteiger partial charge in [-0.25, -0.2) is 9.18 Å². The summed E-state index contributed by atoms with van der Waals surface area (Å²) in [6.07, 6.45) is -0.943. The summed E-state index contributed by atoms with van der Waals surface area (Å²) in [4.78, 5) is 45.3. The van der Waals surface area contributed by atoms with E-state index < -0.39 is 48.1 Å². The molecule has 0 unspecified atom stereocenters. The first-order valence-electron chi connectivity index (χ1n) is 7.46. The van der Waals surface area contributed by atoms with Crippen LogP contribution in [-0.2, 0) is 25.6 Å². The van der Waals surface area contributed by atoms with Crippen LogP contribution in [0.5, 0.6) is 0 Å². The van der Waals surface area contributed by atoms with Crippen molar-refractivity contribution in [2.75, 3.05) is 0 Å². The number of benzene rings is 1. The Morgan fingerprint density at radius 1 is 1.08 bits per heavy atom. The normalized spacial score (nSPS) is 12.7. The molecule has 0 fully saturated rings. The molecule has 1 aromatic rings. The Morgan fingerprint density at radius 2 is 1.72 bits per heavy atom. The molecule has 0 heterocycles. The van der Waals surface area contributed by atoms with Crippen molar-refractivity contribution in [2.45, 2.75) is 38.3 Å². The van der Waals surface area contributed by atoms with E-state index in [4.69, 9.17) is 10.2 Å². The van der Waals surface area contributed by atoms with Crippen LogP contribution >= 0.6 is 0 Å². The molecular formula is C16H19FN2O6. The van der Waals surface area contributed by atoms with Gasteiger partial charge in [-0.2, -0.15) is 0 Å². The van der Waals surface area contributed by atoms with Crippen LogP contribution < -0.4 is 10.6 Å². The van der Waals surface area contributed by atoms with E-state index in [0.29, 0.717) is 0 Å². The molecule has 0 spiro atoms. The minimum atomic E-state index is -1.43. The maximum Gasteiger partial charge on any atom is 0.326 e. The number of amides is 2. The van der Waals surface area contributed by atoms with Crippen molar-refractivity contribution in [2.24, 2.45) is 0 Å². The molecule has 0 aliphatic heterocycles. The summed E-state index contributed by atoms with van der Waals surface area (Å²) in [5, 5.41) is 22.2. The average Bonchev–Trinajstić information content (AvgIpc) is 2.51. The maximum atomic E-state index is 13.7. The zero-order valence-corrected chi connectivity index (χ0v) is 13.5. The summed E-state index contributed by atoms with van der Waals surface area (Å²) in [6.45, 7) is 1.17. The quantitative estimate of drug-likeness (QED) is 0.504. The lowest BCUT2D eigenvalue weighted by atomic mass is 10.0. The predicted molar refractivity (Wildman–Crippen MR) is 84.1 cm³/mol. The molecule has 4 N–H and O–H groups in total. The number of hydrogen-bond acceptors (Lipinski definition) is 4. The third kappa shape index (κ3) is 6.98. The van der Waals surface area contributed by atoms with Crippen LogP contribution in [0.3, 0.4) is 0 Å². The highest BCUT2D eigenvalue weighted by atomic mass is 19.1. The number of nitrogens with one attached hydrogen (secondary N) is 2. The van der Waals surface area contributed by atoms with Gasteiger partial charge >= 0.3 is 11.9 Å². The van der Waals surface area contributed by atoms with Crippen LogP contribution in [0.25, 0.3) is 0 Å². The molecular weight excluding hydrogens is 335 g/mol. The molecule has 0 bridgehead atoms. The van der Waals surface area contributed by atoms with Gasteiger partial charge in [0, 0.05) is 19.8 Å². The largest absolute Gasteiger partial charge is 0.481 e. The van der Waals surface area contributed by atoms with Gasteiger partial charge in [-0.15, -0.1) is 0 Å². The molecule has 0 aromatic heterocycles. The third-order valence-corrected chi connectivity index (χ3v) is 3.34. The highest BCUT2D eigenvalue weighted by molar-refractivity contribution is 5.90. The van der Waals surface area contributed by atoms with Gasteiger partial charge in [0.25, 0.3) is 0 Å². The van der Waals surface area contributed by atoms with Gasteiger partial charge in [0.1, 0.15) is 17.9 Å². The lowest BCUT2D eigenvalue weighted by Crippen LogP contribution is -2.52. The van der Waals surface area contributed by atoms with E-state index in [0.717, 1.165) is 0 Å². The number of aliphatic carboxylic acids is 2. The zero-order chi connectivity index (χ0) is 19.0. The van der Waals surface area contributed by atoms with Crippen LogP contribution in [0, 0.1) is 5.82 Å². The van der Waals surface area contributed by atoms with Crippen LogP contribution in [0.2, 0.25) is 0 Å². The second kappa shape index (κ2) is 9.36. The number of carbonyl (C=O) groups is 4. The van der Waals surface area contributed by atoms with Crippen LogP contribution in [0.15, 0.2) is 24.3 Å². The summed E-state index contributed by atoms with van der Waals surface area (Å²) < 4.78 is 13.7. The Balaban J connectivity index is 2.87. The van der Waals surface area contributed by atoms with E-state index in [2.05, 4.69) is 10.6 Å². The number of carboxylic acids is 2. The number of carboxylic acid groups (broad SMARTS) is 2. The van der Waals surface area contributed by atoms with Gasteiger partial charge in [-0.1, -0.05) is 18.2 Å². The van der Waals surface area contributed by atoms with E-state index in [9.17, 15) is 23.6 Å². The van der Waals surface area contributed by atoms with Crippen LogP contribution in [-0.4, -0.2) is 46.0 Å². The van der Waals surface area contributed by atoms with Crippen molar-refractivity contribution in [1.82, 2.24) is 10.6 Å². The smallest absolute Gasteiger partial charge is 0.326 e. The molecule has 0 radical (unpaired) electrons. The van der Waals surface area contributed by atoms with E-state index >= 15 is 0 Å². The average molecular weight is 354 g/mol. The molecule has 1 aromatic carbocycles. The minimum absolute atomic E-state index is 0.175. The highest BCUT2D eigenvalue weighted by Gasteiger charge is 2.27. The first kappa shape index (κ1) is 20.1. The van der Waals surface area contributed by atoms with E-state index in [1.165, 1.54) is 25.1 Å². The SMILES string of the molecule is CC(=O)N[C@@H](Cc1ccccc1F)C(=O)N[C@@H](CCC(=O)O)C(=O)O. The molecule has 0 saturated heterocycles. The first-order chi connectivity index (χ1) is 11.7. The van der Waals surface area contributed by atoms with Crippen molar-refractivity contribution >= 4 is 23.8 Å². The van der Waals surface area contributed by atoms with Crippen LogP contribution in [0.4, 0.5) is 4.39 Å². The predicted octanol–water partition coefficient (Wildman–Crippen LogP) is 0.307. The standard InChI is InChI=1S/C16H19FN2O6/c1-9(20)18-13(8-10-4-2-3-5-11(10)17)15(23)19-12(16(24)25)6-7-14(21)22/h2-5,12-13H,6-8H2,1H3,(H,18,20)(H,19,23)(H,21,22)(H,24,25)/t12-,13-/m0/s1. The number of hydrogen-bond donors (Lipinski definition) is 4. The van der Waals surface area contributed by atoms with Crippen molar-refractivity contribution in [1.29, 1.82) is 0 Å². The zero-order valence-electron chi connectivity index (χ0n) is 13.5. The van der Waals surface area contributed by atoms with Crippen molar-refractivity contribution in [3.63, 3.8) is 0 Å². The van der Waals surface area contributed by atoms with Crippen molar-refractivity contribution in [3.8, 4) is 0 Å². The Hall–Kier alpha value is -2.97. The van der Waals surface area contributed by atoms with Gasteiger partial charge in [0.2, 0.25) is 11.8 Å². The van der Waals surface area contributed by atoms with Crippen molar-refractivity contribution < 1.29 is 33.8 Å². The van der Waals surface area contributed by atoms with Gasteiger partial charge < -0.3 is 20.8 Å². The number of rotatable bonds is 9. The summed E-state index contributed by atoms with van der Waals surface area (Å²) in [5.41, 5.74) is 0.175. The summed E-state index contributed by atoms with van der Waals surface area (Å²) in [5.74, 6) is -4.55. The number of halogens is 1. The molecule has 8 nitrogen and oxygen atoms in total. The van der Waals surface area contributed by atoms with Crippen LogP contribution in [0.1, 0.15) is 25.3 Å². The molecule has 1 rings (SSSR count). The maximum absolute atomic E-state index is 13.7. The number of carbonyl (C=O) groups excluding carboxylic acids is 2. The second-order valence-corrected chi connectivity index (χ2v) is 5.38. The highest BCUT2D eigenvalue weighted by Crippen LogP contribution is 2.10. The van der Waals surface area contributed by atoms with Gasteiger partial charge in [-0.3, -0.25) is 14.4 Å². The summed E-state index contributed by atoms with van der Waals surface area (Å²) in [6, 6.07) is 3.05. The van der Waals surface area contributed by atoms with Gasteiger partial charge in [0.15, 0.2) is 0 Å². The van der Waals surface area contributed by atoms with Crippen molar-refractivity contribution in [3.05, 3.63) is 35.6 Å². The lowest BCUT2D eigenvalue weighted by molar-refractivity contribution is -0.143. The second-order valence-electron chi connectivity index (χ2n) is 5.38. The molecule has 136 valence electrons. The Kier molecular flexibility index (Phi) is 7.51. The molecule has 9 heteroatoms. The summed E-state index contributed by atoms with van der Waals surface area (Å²) >= 11 is 0. The Bertz CT molecular complexity index is 664. The molecule has 2 atom stereocenters. The first-order valence-corrected chi connectivity index (χ1v) is 7.46. The topological polar surface area (TPSA) is 133 Å². The van der Waals surface area contributed by atoms with E-state index in [1.807, 2.05) is 0 Å². The van der Waals surface area contributed by atoms with Gasteiger partial charge in [-0.05, 0) is 18.1 Å². The monoisotopic (exact) mass is 354 g/mol. The molecule has 0 aliphatic rings. The lowest BCUT2D eigenvalue weighted by Gasteiger charge is -2.21.